The molecule has 1 aromatic carbocycles. The van der Waals surface area contributed by atoms with Gasteiger partial charge in [0.1, 0.15) is 0 Å². The topological polar surface area (TPSA) is 20.2 Å². The molecule has 1 aliphatic carbocycles. The maximum atomic E-state index is 9.85. The van der Waals surface area contributed by atoms with Crippen LogP contribution in [0.3, 0.4) is 0 Å². The summed E-state index contributed by atoms with van der Waals surface area (Å²) in [6.07, 6.45) is 4.46. The Morgan fingerprint density at radius 2 is 1.88 bits per heavy atom. The van der Waals surface area contributed by atoms with E-state index in [1.807, 2.05) is 23.9 Å². The first kappa shape index (κ1) is 12.3. The maximum absolute atomic E-state index is 9.85. The average Bonchev–Trinajstić information content (AvgIpc) is 2.30. The van der Waals surface area contributed by atoms with E-state index in [1.54, 1.807) is 0 Å². The van der Waals surface area contributed by atoms with Crippen LogP contribution in [0, 0.1) is 0 Å². The SMILES string of the molecule is O[C@H]1CCCC[C@@H]1SCc1ccc(Cl)cc1. The monoisotopic (exact) mass is 256 g/mol. The summed E-state index contributed by atoms with van der Waals surface area (Å²) in [5.41, 5.74) is 1.28. The van der Waals surface area contributed by atoms with Gasteiger partial charge in [-0.15, -0.1) is 0 Å². The Morgan fingerprint density at radius 1 is 1.19 bits per heavy atom. The minimum Gasteiger partial charge on any atom is -0.392 e. The minimum atomic E-state index is -0.106. The first-order chi connectivity index (χ1) is 7.75. The number of hydrogen-bond acceptors (Lipinski definition) is 2. The van der Waals surface area contributed by atoms with Crippen molar-refractivity contribution in [2.75, 3.05) is 0 Å². The van der Waals surface area contributed by atoms with Gasteiger partial charge in [0, 0.05) is 16.0 Å². The highest BCUT2D eigenvalue weighted by molar-refractivity contribution is 7.99. The number of halogens is 1. The van der Waals surface area contributed by atoms with Crippen molar-refractivity contribution in [3.63, 3.8) is 0 Å². The van der Waals surface area contributed by atoms with Crippen molar-refractivity contribution in [2.24, 2.45) is 0 Å². The standard InChI is InChI=1S/C13H17ClOS/c14-11-7-5-10(6-8-11)9-16-13-4-2-1-3-12(13)15/h5-8,12-13,15H,1-4,9H2/t12-,13-/m0/s1. The van der Waals surface area contributed by atoms with Crippen LogP contribution in [0.15, 0.2) is 24.3 Å². The number of aliphatic hydroxyl groups excluding tert-OH is 1. The zero-order valence-corrected chi connectivity index (χ0v) is 10.8. The summed E-state index contributed by atoms with van der Waals surface area (Å²) in [7, 11) is 0. The predicted octanol–water partition coefficient (Wildman–Crippen LogP) is 3.88. The molecule has 0 saturated heterocycles. The van der Waals surface area contributed by atoms with Crippen molar-refractivity contribution in [3.8, 4) is 0 Å². The van der Waals surface area contributed by atoms with Gasteiger partial charge in [0.2, 0.25) is 0 Å². The van der Waals surface area contributed by atoms with Crippen LogP contribution in [-0.2, 0) is 5.75 Å². The lowest BCUT2D eigenvalue weighted by Crippen LogP contribution is -2.26. The van der Waals surface area contributed by atoms with Gasteiger partial charge in [0.25, 0.3) is 0 Å². The van der Waals surface area contributed by atoms with E-state index in [9.17, 15) is 5.11 Å². The van der Waals surface area contributed by atoms with E-state index in [1.165, 1.54) is 18.4 Å². The molecule has 0 bridgehead atoms. The highest BCUT2D eigenvalue weighted by atomic mass is 35.5. The number of rotatable bonds is 3. The van der Waals surface area contributed by atoms with Crippen LogP contribution in [-0.4, -0.2) is 16.5 Å². The van der Waals surface area contributed by atoms with E-state index < -0.39 is 0 Å². The predicted molar refractivity (Wildman–Crippen MR) is 71.0 cm³/mol. The van der Waals surface area contributed by atoms with Crippen molar-refractivity contribution in [3.05, 3.63) is 34.9 Å². The van der Waals surface area contributed by atoms with Gasteiger partial charge >= 0.3 is 0 Å². The molecule has 1 fully saturated rings. The molecule has 2 atom stereocenters. The Bertz CT molecular complexity index is 325. The van der Waals surface area contributed by atoms with E-state index in [0.717, 1.165) is 23.6 Å². The first-order valence-corrected chi connectivity index (χ1v) is 7.22. The molecule has 16 heavy (non-hydrogen) atoms. The Hall–Kier alpha value is -0.180. The molecule has 1 aromatic rings. The molecule has 1 saturated carbocycles. The minimum absolute atomic E-state index is 0.106. The maximum Gasteiger partial charge on any atom is 0.0658 e. The van der Waals surface area contributed by atoms with E-state index in [2.05, 4.69) is 12.1 Å². The van der Waals surface area contributed by atoms with Crippen molar-refractivity contribution in [1.29, 1.82) is 0 Å². The Balaban J connectivity index is 1.84. The fourth-order valence-corrected chi connectivity index (χ4v) is 3.47. The first-order valence-electron chi connectivity index (χ1n) is 5.80. The molecule has 0 heterocycles. The van der Waals surface area contributed by atoms with Gasteiger partial charge < -0.3 is 5.11 Å². The summed E-state index contributed by atoms with van der Waals surface area (Å²) in [4.78, 5) is 0. The van der Waals surface area contributed by atoms with Crippen LogP contribution in [0.4, 0.5) is 0 Å². The number of aliphatic hydroxyl groups is 1. The van der Waals surface area contributed by atoms with Gasteiger partial charge in [-0.05, 0) is 30.5 Å². The quantitative estimate of drug-likeness (QED) is 0.886. The van der Waals surface area contributed by atoms with E-state index in [4.69, 9.17) is 11.6 Å². The van der Waals surface area contributed by atoms with Gasteiger partial charge in [-0.2, -0.15) is 11.8 Å². The average molecular weight is 257 g/mol. The zero-order valence-electron chi connectivity index (χ0n) is 9.23. The molecule has 3 heteroatoms. The molecule has 2 rings (SSSR count). The molecule has 1 nitrogen and oxygen atoms in total. The van der Waals surface area contributed by atoms with Gasteiger partial charge in [-0.1, -0.05) is 36.6 Å². The Kier molecular flexibility index (Phi) is 4.56. The molecular weight excluding hydrogens is 240 g/mol. The Morgan fingerprint density at radius 3 is 2.56 bits per heavy atom. The highest BCUT2D eigenvalue weighted by Gasteiger charge is 2.22. The molecule has 0 spiro atoms. The molecule has 0 amide bonds. The number of thioether (sulfide) groups is 1. The second kappa shape index (κ2) is 5.95. The highest BCUT2D eigenvalue weighted by Crippen LogP contribution is 2.31. The Labute approximate surface area is 106 Å². The van der Waals surface area contributed by atoms with Gasteiger partial charge in [0.15, 0.2) is 0 Å². The third-order valence-electron chi connectivity index (χ3n) is 3.05. The zero-order chi connectivity index (χ0) is 11.4. The summed E-state index contributed by atoms with van der Waals surface area (Å²) in [6.45, 7) is 0. The van der Waals surface area contributed by atoms with Gasteiger partial charge in [-0.3, -0.25) is 0 Å². The molecule has 1 N–H and O–H groups in total. The van der Waals surface area contributed by atoms with Crippen LogP contribution in [0.1, 0.15) is 31.2 Å². The van der Waals surface area contributed by atoms with Crippen molar-refractivity contribution in [1.82, 2.24) is 0 Å². The summed E-state index contributed by atoms with van der Waals surface area (Å²) >= 11 is 7.71. The van der Waals surface area contributed by atoms with E-state index >= 15 is 0 Å². The third kappa shape index (κ3) is 3.41. The summed E-state index contributed by atoms with van der Waals surface area (Å²) < 4.78 is 0. The molecule has 0 aromatic heterocycles. The fraction of sp³-hybridized carbons (Fsp3) is 0.538. The van der Waals surface area contributed by atoms with Crippen LogP contribution in [0.25, 0.3) is 0 Å². The van der Waals surface area contributed by atoms with Crippen molar-refractivity contribution in [2.45, 2.75) is 42.8 Å². The van der Waals surface area contributed by atoms with Crippen molar-refractivity contribution >= 4 is 23.4 Å². The normalized spacial score (nSPS) is 25.6. The van der Waals surface area contributed by atoms with Crippen LogP contribution in [0.2, 0.25) is 5.02 Å². The van der Waals surface area contributed by atoms with Crippen molar-refractivity contribution < 1.29 is 5.11 Å². The molecule has 0 radical (unpaired) electrons. The number of hydrogen-bond donors (Lipinski definition) is 1. The van der Waals surface area contributed by atoms with Crippen LogP contribution < -0.4 is 0 Å². The van der Waals surface area contributed by atoms with Gasteiger partial charge in [0.05, 0.1) is 6.10 Å². The van der Waals surface area contributed by atoms with Crippen LogP contribution in [0.5, 0.6) is 0 Å². The number of benzene rings is 1. The molecular formula is C13H17ClOS. The summed E-state index contributed by atoms with van der Waals surface area (Å²) in [5.74, 6) is 0.971. The van der Waals surface area contributed by atoms with E-state index in [0.29, 0.717) is 5.25 Å². The lowest BCUT2D eigenvalue weighted by Gasteiger charge is -2.26. The third-order valence-corrected chi connectivity index (χ3v) is 4.78. The summed E-state index contributed by atoms with van der Waals surface area (Å²) in [6, 6.07) is 7.97. The fourth-order valence-electron chi connectivity index (χ4n) is 2.06. The second-order valence-corrected chi connectivity index (χ2v) is 5.99. The van der Waals surface area contributed by atoms with Crippen LogP contribution >= 0.6 is 23.4 Å². The largest absolute Gasteiger partial charge is 0.392 e. The molecule has 0 aliphatic heterocycles. The lowest BCUT2D eigenvalue weighted by molar-refractivity contribution is 0.137. The summed E-state index contributed by atoms with van der Waals surface area (Å²) in [5, 5.41) is 11.1. The second-order valence-electron chi connectivity index (χ2n) is 4.33. The molecule has 88 valence electrons. The lowest BCUT2D eigenvalue weighted by atomic mass is 9.97. The smallest absolute Gasteiger partial charge is 0.0658 e. The molecule has 1 aliphatic rings. The molecule has 0 unspecified atom stereocenters. The van der Waals surface area contributed by atoms with E-state index in [-0.39, 0.29) is 6.10 Å². The van der Waals surface area contributed by atoms with Gasteiger partial charge in [-0.25, -0.2) is 0 Å².